The Hall–Kier alpha value is -2.43. The molecule has 0 spiro atoms. The number of aromatic nitrogens is 2. The molecule has 0 unspecified atom stereocenters. The summed E-state index contributed by atoms with van der Waals surface area (Å²) in [6.45, 7) is 6.40. The lowest BCUT2D eigenvalue weighted by Crippen LogP contribution is -2.49. The standard InChI is InChI=1S/C24H28N2O3/c1-15-25-12-13-26(15)22(28)29-21-7-6-19-18-5-4-16-14-17(27)8-10-23(16,2)20(18)9-11-24(19,21)3/h4-5,8,10,12-14,18-21H,6-7,9,11H2,1-3H3/t18-,19-,20-,21-,23-,24-/m0/s1. The van der Waals surface area contributed by atoms with Crippen molar-refractivity contribution in [2.45, 2.75) is 52.6 Å². The maximum absolute atomic E-state index is 12.7. The van der Waals surface area contributed by atoms with E-state index < -0.39 is 0 Å². The average molecular weight is 392 g/mol. The van der Waals surface area contributed by atoms with E-state index in [4.69, 9.17) is 4.74 Å². The van der Waals surface area contributed by atoms with Crippen molar-refractivity contribution in [3.05, 3.63) is 54.2 Å². The summed E-state index contributed by atoms with van der Waals surface area (Å²) in [5.74, 6) is 2.17. The first-order valence-electron chi connectivity index (χ1n) is 10.7. The van der Waals surface area contributed by atoms with E-state index in [-0.39, 0.29) is 28.8 Å². The summed E-state index contributed by atoms with van der Waals surface area (Å²) in [6, 6.07) is 0. The summed E-state index contributed by atoms with van der Waals surface area (Å²) >= 11 is 0. The molecule has 1 aromatic heterocycles. The van der Waals surface area contributed by atoms with Crippen LogP contribution in [0, 0.1) is 35.5 Å². The Morgan fingerprint density at radius 1 is 1.21 bits per heavy atom. The van der Waals surface area contributed by atoms with E-state index in [9.17, 15) is 9.59 Å². The Balaban J connectivity index is 1.41. The summed E-state index contributed by atoms with van der Waals surface area (Å²) < 4.78 is 7.52. The lowest BCUT2D eigenvalue weighted by atomic mass is 9.50. The molecule has 0 saturated heterocycles. The quantitative estimate of drug-likeness (QED) is 0.699. The van der Waals surface area contributed by atoms with Crippen molar-refractivity contribution in [2.75, 3.05) is 0 Å². The van der Waals surface area contributed by atoms with Crippen molar-refractivity contribution < 1.29 is 14.3 Å². The zero-order valence-corrected chi connectivity index (χ0v) is 17.3. The van der Waals surface area contributed by atoms with Crippen LogP contribution in [-0.4, -0.2) is 27.5 Å². The fraction of sp³-hybridized carbons (Fsp3) is 0.542. The normalized spacial score (nSPS) is 40.1. The number of hydrogen-bond acceptors (Lipinski definition) is 4. The van der Waals surface area contributed by atoms with Crippen molar-refractivity contribution in [1.29, 1.82) is 0 Å². The molecule has 0 N–H and O–H groups in total. The number of nitrogens with zero attached hydrogens (tertiary/aromatic N) is 2. The van der Waals surface area contributed by atoms with Gasteiger partial charge in [-0.05, 0) is 68.1 Å². The van der Waals surface area contributed by atoms with Gasteiger partial charge in [0, 0.05) is 23.2 Å². The number of hydrogen-bond donors (Lipinski definition) is 0. The van der Waals surface area contributed by atoms with Crippen LogP contribution in [0.5, 0.6) is 0 Å². The van der Waals surface area contributed by atoms with Crippen LogP contribution in [0.3, 0.4) is 0 Å². The molecule has 0 bridgehead atoms. The van der Waals surface area contributed by atoms with Gasteiger partial charge >= 0.3 is 6.09 Å². The SMILES string of the molecule is Cc1nccn1C(=O)O[C@H]1CC[C@H]2[C@@H]3C=CC4=CC(=O)C=C[C@]4(C)[C@H]3CC[C@]12C. The highest BCUT2D eigenvalue weighted by Crippen LogP contribution is 2.63. The Bertz CT molecular complexity index is 971. The van der Waals surface area contributed by atoms with Crippen molar-refractivity contribution in [3.8, 4) is 0 Å². The van der Waals surface area contributed by atoms with Gasteiger partial charge in [-0.25, -0.2) is 14.3 Å². The van der Waals surface area contributed by atoms with E-state index in [0.29, 0.717) is 23.6 Å². The lowest BCUT2D eigenvalue weighted by molar-refractivity contribution is -0.110. The summed E-state index contributed by atoms with van der Waals surface area (Å²) in [7, 11) is 0. The number of fused-ring (bicyclic) bond motifs is 5. The molecule has 0 radical (unpaired) electrons. The Labute approximate surface area is 171 Å². The number of carbonyl (C=O) groups is 2. The number of carbonyl (C=O) groups excluding carboxylic acids is 2. The zero-order valence-electron chi connectivity index (χ0n) is 17.3. The molecule has 6 atom stereocenters. The first kappa shape index (κ1) is 18.6. The number of ketones is 1. The molecule has 152 valence electrons. The van der Waals surface area contributed by atoms with Crippen LogP contribution in [0.1, 0.15) is 45.4 Å². The van der Waals surface area contributed by atoms with E-state index in [1.54, 1.807) is 24.5 Å². The van der Waals surface area contributed by atoms with Crippen LogP contribution in [0.15, 0.2) is 48.3 Å². The third-order valence-electron chi connectivity index (χ3n) is 8.29. The predicted molar refractivity (Wildman–Crippen MR) is 109 cm³/mol. The highest BCUT2D eigenvalue weighted by molar-refractivity contribution is 6.01. The van der Waals surface area contributed by atoms with Crippen molar-refractivity contribution in [2.24, 2.45) is 28.6 Å². The zero-order chi connectivity index (χ0) is 20.4. The minimum atomic E-state index is -0.320. The molecule has 5 nitrogen and oxygen atoms in total. The van der Waals surface area contributed by atoms with Gasteiger partial charge in [0.15, 0.2) is 5.78 Å². The number of allylic oxidation sites excluding steroid dienone is 6. The van der Waals surface area contributed by atoms with Crippen LogP contribution in [0.25, 0.3) is 0 Å². The minimum Gasteiger partial charge on any atom is -0.445 e. The molecule has 4 aliphatic rings. The number of rotatable bonds is 1. The van der Waals surface area contributed by atoms with Gasteiger partial charge < -0.3 is 4.74 Å². The van der Waals surface area contributed by atoms with E-state index in [2.05, 4.69) is 37.1 Å². The molecule has 0 amide bonds. The number of ether oxygens (including phenoxy) is 1. The van der Waals surface area contributed by atoms with Gasteiger partial charge in [-0.3, -0.25) is 4.79 Å². The van der Waals surface area contributed by atoms with Gasteiger partial charge in [0.05, 0.1) is 0 Å². The summed E-state index contributed by atoms with van der Waals surface area (Å²) in [5, 5.41) is 0. The van der Waals surface area contributed by atoms with Gasteiger partial charge in [-0.2, -0.15) is 0 Å². The molecule has 29 heavy (non-hydrogen) atoms. The molecule has 0 aromatic carbocycles. The maximum atomic E-state index is 12.7. The topological polar surface area (TPSA) is 61.2 Å². The van der Waals surface area contributed by atoms with Gasteiger partial charge in [0.25, 0.3) is 0 Å². The van der Waals surface area contributed by atoms with Crippen LogP contribution in [0.4, 0.5) is 4.79 Å². The molecule has 2 saturated carbocycles. The van der Waals surface area contributed by atoms with Gasteiger partial charge in [0.1, 0.15) is 11.9 Å². The van der Waals surface area contributed by atoms with Gasteiger partial charge in [-0.1, -0.05) is 32.1 Å². The third kappa shape index (κ3) is 2.62. The molecular formula is C24H28N2O3. The lowest BCUT2D eigenvalue weighted by Gasteiger charge is -2.54. The largest absolute Gasteiger partial charge is 0.445 e. The van der Waals surface area contributed by atoms with E-state index >= 15 is 0 Å². The maximum Gasteiger partial charge on any atom is 0.419 e. The first-order valence-corrected chi connectivity index (χ1v) is 10.7. The molecule has 0 aliphatic heterocycles. The van der Waals surface area contributed by atoms with Crippen molar-refractivity contribution >= 4 is 11.9 Å². The highest BCUT2D eigenvalue weighted by Gasteiger charge is 2.58. The summed E-state index contributed by atoms with van der Waals surface area (Å²) in [5.41, 5.74) is 1.06. The molecule has 1 aromatic rings. The van der Waals surface area contributed by atoms with Crippen LogP contribution in [-0.2, 0) is 9.53 Å². The molecule has 2 fully saturated rings. The molecule has 5 heteroatoms. The van der Waals surface area contributed by atoms with Crippen molar-refractivity contribution in [1.82, 2.24) is 9.55 Å². The fourth-order valence-corrected chi connectivity index (χ4v) is 6.55. The van der Waals surface area contributed by atoms with Gasteiger partial charge in [0.2, 0.25) is 0 Å². The van der Waals surface area contributed by atoms with E-state index in [1.807, 2.05) is 6.92 Å². The second-order valence-electron chi connectivity index (χ2n) is 9.61. The third-order valence-corrected chi connectivity index (χ3v) is 8.29. The first-order chi connectivity index (χ1) is 13.8. The summed E-state index contributed by atoms with van der Waals surface area (Å²) in [4.78, 5) is 28.7. The van der Waals surface area contributed by atoms with Crippen molar-refractivity contribution in [3.63, 3.8) is 0 Å². The Morgan fingerprint density at radius 2 is 2.03 bits per heavy atom. The Kier molecular flexibility index (Phi) is 4.03. The molecule has 1 heterocycles. The molecular weight excluding hydrogens is 364 g/mol. The second-order valence-corrected chi connectivity index (χ2v) is 9.61. The number of imidazole rings is 1. The molecule has 5 rings (SSSR count). The fourth-order valence-electron chi connectivity index (χ4n) is 6.55. The van der Waals surface area contributed by atoms with Crippen LogP contribution in [0.2, 0.25) is 0 Å². The number of aryl methyl sites for hydroxylation is 1. The average Bonchev–Trinajstić information content (AvgIpc) is 3.26. The van der Waals surface area contributed by atoms with Crippen LogP contribution >= 0.6 is 0 Å². The monoisotopic (exact) mass is 392 g/mol. The smallest absolute Gasteiger partial charge is 0.419 e. The second kappa shape index (κ2) is 6.28. The van der Waals surface area contributed by atoms with E-state index in [1.165, 1.54) is 4.57 Å². The Morgan fingerprint density at radius 3 is 2.79 bits per heavy atom. The predicted octanol–water partition coefficient (Wildman–Crippen LogP) is 4.63. The van der Waals surface area contributed by atoms with Gasteiger partial charge in [-0.15, -0.1) is 0 Å². The van der Waals surface area contributed by atoms with Crippen LogP contribution < -0.4 is 0 Å². The minimum absolute atomic E-state index is 0.0125. The summed E-state index contributed by atoms with van der Waals surface area (Å²) in [6.07, 6.45) is 17.2. The van der Waals surface area contributed by atoms with E-state index in [0.717, 1.165) is 31.3 Å². The highest BCUT2D eigenvalue weighted by atomic mass is 16.6. The molecule has 4 aliphatic carbocycles.